The predicted octanol–water partition coefficient (Wildman–Crippen LogP) is 2.26. The van der Waals surface area contributed by atoms with E-state index in [-0.39, 0.29) is 0 Å². The van der Waals surface area contributed by atoms with Crippen molar-refractivity contribution in [1.29, 1.82) is 0 Å². The molecule has 2 aliphatic rings. The normalized spacial score (nSPS) is 48.8. The Bertz CT molecular complexity index is 101. The smallest absolute Gasteiger partial charge is 0.0292 e. The average Bonchev–Trinajstić information content (AvgIpc) is 2.22. The van der Waals surface area contributed by atoms with Crippen LogP contribution in [0.15, 0.2) is 0 Å². The van der Waals surface area contributed by atoms with Crippen molar-refractivity contribution < 1.29 is 0 Å². The summed E-state index contributed by atoms with van der Waals surface area (Å²) in [6.45, 7) is 4.80. The molecule has 2 saturated carbocycles. The average molecular weight is 109 g/mol. The van der Waals surface area contributed by atoms with Gasteiger partial charge in [0.15, 0.2) is 0 Å². The van der Waals surface area contributed by atoms with Crippen LogP contribution in [-0.2, 0) is 0 Å². The van der Waals surface area contributed by atoms with Crippen LogP contribution in [0.1, 0.15) is 26.7 Å². The molecule has 2 fully saturated rings. The molecular formula is C8H13. The molecule has 1 radical (unpaired) electrons. The van der Waals surface area contributed by atoms with Gasteiger partial charge in [-0.05, 0) is 36.5 Å². The Morgan fingerprint density at radius 2 is 1.75 bits per heavy atom. The van der Waals surface area contributed by atoms with E-state index in [1.807, 2.05) is 0 Å². The maximum absolute atomic E-state index is 2.45. The molecule has 0 heterocycles. The maximum atomic E-state index is 2.45. The summed E-state index contributed by atoms with van der Waals surface area (Å²) in [5.74, 6) is 2.14. The molecule has 0 amide bonds. The van der Waals surface area contributed by atoms with Gasteiger partial charge in [0, 0.05) is 0 Å². The summed E-state index contributed by atoms with van der Waals surface area (Å²) in [6.07, 6.45) is 5.25. The standard InChI is InChI=1S/C8H13/c1-8(2)6-4-3-5-7(6)8/h3,6-7H,4-5H2,1-2H3. The zero-order chi connectivity index (χ0) is 5.78. The van der Waals surface area contributed by atoms with Crippen molar-refractivity contribution in [1.82, 2.24) is 0 Å². The highest BCUT2D eigenvalue weighted by Gasteiger charge is 2.59. The third kappa shape index (κ3) is 0.375. The minimum atomic E-state index is 0.731. The summed E-state index contributed by atoms with van der Waals surface area (Å²) in [7, 11) is 0. The van der Waals surface area contributed by atoms with Gasteiger partial charge in [-0.1, -0.05) is 13.8 Å². The van der Waals surface area contributed by atoms with Gasteiger partial charge in [0.25, 0.3) is 0 Å². The Hall–Kier alpha value is 0. The van der Waals surface area contributed by atoms with E-state index in [9.17, 15) is 0 Å². The first-order chi connectivity index (χ1) is 3.73. The van der Waals surface area contributed by atoms with E-state index in [2.05, 4.69) is 20.3 Å². The van der Waals surface area contributed by atoms with Crippen LogP contribution in [0.2, 0.25) is 0 Å². The van der Waals surface area contributed by atoms with Crippen LogP contribution < -0.4 is 0 Å². The molecule has 8 heavy (non-hydrogen) atoms. The SMILES string of the molecule is CC1(C)C2C[CH]CC21. The summed E-state index contributed by atoms with van der Waals surface area (Å²) in [4.78, 5) is 0. The van der Waals surface area contributed by atoms with Crippen LogP contribution in [0.5, 0.6) is 0 Å². The molecule has 0 aromatic rings. The predicted molar refractivity (Wildman–Crippen MR) is 34.3 cm³/mol. The molecule has 2 rings (SSSR count). The second-order valence-corrected chi connectivity index (χ2v) is 3.79. The monoisotopic (exact) mass is 109 g/mol. The summed E-state index contributed by atoms with van der Waals surface area (Å²) >= 11 is 0. The summed E-state index contributed by atoms with van der Waals surface area (Å²) in [5.41, 5.74) is 0.731. The third-order valence-corrected chi connectivity index (χ3v) is 3.13. The van der Waals surface area contributed by atoms with E-state index >= 15 is 0 Å². The van der Waals surface area contributed by atoms with Crippen LogP contribution in [0.4, 0.5) is 0 Å². The zero-order valence-electron chi connectivity index (χ0n) is 5.65. The second-order valence-electron chi connectivity index (χ2n) is 3.79. The van der Waals surface area contributed by atoms with Crippen LogP contribution in [0.25, 0.3) is 0 Å². The molecule has 0 saturated heterocycles. The highest BCUT2D eigenvalue weighted by Crippen LogP contribution is 2.66. The van der Waals surface area contributed by atoms with Gasteiger partial charge < -0.3 is 0 Å². The van der Waals surface area contributed by atoms with Gasteiger partial charge in [0.1, 0.15) is 0 Å². The third-order valence-electron chi connectivity index (χ3n) is 3.13. The lowest BCUT2D eigenvalue weighted by Gasteiger charge is -2.04. The minimum absolute atomic E-state index is 0.731. The van der Waals surface area contributed by atoms with Crippen LogP contribution in [-0.4, -0.2) is 0 Å². The Kier molecular flexibility index (Phi) is 0.678. The van der Waals surface area contributed by atoms with E-state index < -0.39 is 0 Å². The van der Waals surface area contributed by atoms with Gasteiger partial charge in [0.2, 0.25) is 0 Å². The minimum Gasteiger partial charge on any atom is -0.0594 e. The quantitative estimate of drug-likeness (QED) is 0.447. The fourth-order valence-electron chi connectivity index (χ4n) is 2.25. The molecule has 0 aromatic carbocycles. The van der Waals surface area contributed by atoms with Gasteiger partial charge in [-0.25, -0.2) is 0 Å². The van der Waals surface area contributed by atoms with E-state index in [0.717, 1.165) is 17.3 Å². The number of hydrogen-bond donors (Lipinski definition) is 0. The van der Waals surface area contributed by atoms with E-state index in [0.29, 0.717) is 0 Å². The summed E-state index contributed by atoms with van der Waals surface area (Å²) < 4.78 is 0. The first-order valence-electron chi connectivity index (χ1n) is 3.54. The lowest BCUT2D eigenvalue weighted by atomic mass is 10.0. The molecule has 0 aliphatic heterocycles. The van der Waals surface area contributed by atoms with Crippen molar-refractivity contribution in [2.24, 2.45) is 17.3 Å². The molecule has 0 N–H and O–H groups in total. The van der Waals surface area contributed by atoms with Crippen LogP contribution >= 0.6 is 0 Å². The van der Waals surface area contributed by atoms with Crippen molar-refractivity contribution in [2.45, 2.75) is 26.7 Å². The second kappa shape index (κ2) is 1.12. The summed E-state index contributed by atoms with van der Waals surface area (Å²) in [5, 5.41) is 0. The molecule has 0 bridgehead atoms. The van der Waals surface area contributed by atoms with Crippen molar-refractivity contribution in [3.05, 3.63) is 6.42 Å². The number of hydrogen-bond acceptors (Lipinski definition) is 0. The van der Waals surface area contributed by atoms with E-state index in [1.54, 1.807) is 0 Å². The topological polar surface area (TPSA) is 0 Å². The molecule has 2 atom stereocenters. The van der Waals surface area contributed by atoms with E-state index in [1.165, 1.54) is 12.8 Å². The number of fused-ring (bicyclic) bond motifs is 1. The molecule has 0 aromatic heterocycles. The first-order valence-corrected chi connectivity index (χ1v) is 3.54. The summed E-state index contributed by atoms with van der Waals surface area (Å²) in [6, 6.07) is 0. The van der Waals surface area contributed by atoms with Crippen molar-refractivity contribution in [3.8, 4) is 0 Å². The van der Waals surface area contributed by atoms with Crippen LogP contribution in [0, 0.1) is 23.7 Å². The maximum Gasteiger partial charge on any atom is -0.0292 e. The molecule has 2 unspecified atom stereocenters. The molecule has 0 spiro atoms. The largest absolute Gasteiger partial charge is 0.0594 e. The van der Waals surface area contributed by atoms with Crippen molar-refractivity contribution >= 4 is 0 Å². The zero-order valence-corrected chi connectivity index (χ0v) is 5.65. The Morgan fingerprint density at radius 1 is 1.25 bits per heavy atom. The van der Waals surface area contributed by atoms with Gasteiger partial charge in [-0.2, -0.15) is 0 Å². The Labute approximate surface area is 51.3 Å². The first kappa shape index (κ1) is 4.84. The van der Waals surface area contributed by atoms with Crippen molar-refractivity contribution in [2.75, 3.05) is 0 Å². The molecule has 45 valence electrons. The Morgan fingerprint density at radius 3 is 2.00 bits per heavy atom. The molecule has 0 heteroatoms. The van der Waals surface area contributed by atoms with Crippen molar-refractivity contribution in [3.63, 3.8) is 0 Å². The van der Waals surface area contributed by atoms with Gasteiger partial charge in [-0.3, -0.25) is 0 Å². The molecule has 0 nitrogen and oxygen atoms in total. The van der Waals surface area contributed by atoms with Gasteiger partial charge in [-0.15, -0.1) is 0 Å². The fraction of sp³-hybridized carbons (Fsp3) is 0.875. The van der Waals surface area contributed by atoms with E-state index in [4.69, 9.17) is 0 Å². The Balaban J connectivity index is 2.13. The van der Waals surface area contributed by atoms with Crippen LogP contribution in [0.3, 0.4) is 0 Å². The number of rotatable bonds is 0. The van der Waals surface area contributed by atoms with Gasteiger partial charge in [0.05, 0.1) is 0 Å². The molecule has 2 aliphatic carbocycles. The lowest BCUT2D eigenvalue weighted by Crippen LogP contribution is -1.94. The highest BCUT2D eigenvalue weighted by atomic mass is 14.6. The van der Waals surface area contributed by atoms with Gasteiger partial charge >= 0.3 is 0 Å². The fourth-order valence-corrected chi connectivity index (χ4v) is 2.25. The highest BCUT2D eigenvalue weighted by molar-refractivity contribution is 5.12. The lowest BCUT2D eigenvalue weighted by molar-refractivity contribution is 0.503. The molecular weight excluding hydrogens is 96.1 g/mol.